The number of rotatable bonds is 1. The van der Waals surface area contributed by atoms with Crippen LogP contribution in [0.1, 0.15) is 44.6 Å². The fourth-order valence-corrected chi connectivity index (χ4v) is 4.09. The predicted molar refractivity (Wildman–Crippen MR) is 74.5 cm³/mol. The van der Waals surface area contributed by atoms with E-state index >= 15 is 0 Å². The highest BCUT2D eigenvalue weighted by Gasteiger charge is 2.64. The summed E-state index contributed by atoms with van der Waals surface area (Å²) in [4.78, 5) is 12.2. The lowest BCUT2D eigenvalue weighted by Crippen LogP contribution is -2.44. The van der Waals surface area contributed by atoms with E-state index in [4.69, 9.17) is 4.74 Å². The zero-order valence-electron chi connectivity index (χ0n) is 11.8. The van der Waals surface area contributed by atoms with Crippen LogP contribution >= 0.6 is 0 Å². The molecule has 1 saturated carbocycles. The van der Waals surface area contributed by atoms with Gasteiger partial charge in [-0.2, -0.15) is 5.26 Å². The van der Waals surface area contributed by atoms with E-state index in [1.807, 2.05) is 37.3 Å². The summed E-state index contributed by atoms with van der Waals surface area (Å²) in [5, 5.41) is 9.48. The van der Waals surface area contributed by atoms with Gasteiger partial charge in [0.15, 0.2) is 5.92 Å². The molecule has 20 heavy (non-hydrogen) atoms. The second kappa shape index (κ2) is 4.63. The number of hydrogen-bond donors (Lipinski definition) is 0. The largest absolute Gasteiger partial charge is 0.453 e. The molecule has 0 bridgehead atoms. The molecule has 2 aliphatic rings. The summed E-state index contributed by atoms with van der Waals surface area (Å²) in [6, 6.07) is 12.1. The van der Waals surface area contributed by atoms with Gasteiger partial charge < -0.3 is 4.74 Å². The molecule has 1 aliphatic heterocycles. The summed E-state index contributed by atoms with van der Waals surface area (Å²) >= 11 is 0. The molecule has 1 spiro atoms. The Morgan fingerprint density at radius 2 is 1.85 bits per heavy atom. The highest BCUT2D eigenvalue weighted by atomic mass is 16.6. The van der Waals surface area contributed by atoms with Gasteiger partial charge >= 0.3 is 5.97 Å². The molecular formula is C17H19NO2. The molecule has 0 amide bonds. The van der Waals surface area contributed by atoms with Gasteiger partial charge in [0.2, 0.25) is 0 Å². The molecule has 2 atom stereocenters. The first-order valence-corrected chi connectivity index (χ1v) is 7.32. The molecule has 1 aromatic rings. The first-order valence-electron chi connectivity index (χ1n) is 7.32. The number of carbonyl (C=O) groups is 1. The summed E-state index contributed by atoms with van der Waals surface area (Å²) in [5.74, 6) is -0.978. The van der Waals surface area contributed by atoms with Gasteiger partial charge in [0.05, 0.1) is 6.07 Å². The van der Waals surface area contributed by atoms with Crippen LogP contribution in [0.2, 0.25) is 0 Å². The Bertz CT molecular complexity index is 554. The summed E-state index contributed by atoms with van der Waals surface area (Å²) in [6.45, 7) is 1.99. The average molecular weight is 269 g/mol. The molecule has 2 fully saturated rings. The fourth-order valence-electron chi connectivity index (χ4n) is 4.09. The normalized spacial score (nSPS) is 31.8. The number of cyclic esters (lactones) is 1. The van der Waals surface area contributed by atoms with Crippen LogP contribution in [0.25, 0.3) is 0 Å². The van der Waals surface area contributed by atoms with Crippen molar-refractivity contribution >= 4 is 5.97 Å². The van der Waals surface area contributed by atoms with Gasteiger partial charge in [-0.1, -0.05) is 49.6 Å². The smallest absolute Gasteiger partial charge is 0.324 e. The molecule has 3 nitrogen and oxygen atoms in total. The number of nitriles is 1. The monoisotopic (exact) mass is 269 g/mol. The molecular weight excluding hydrogens is 250 g/mol. The molecule has 3 rings (SSSR count). The standard InChI is InChI=1S/C17H19NO2/c1-16(13-8-4-2-5-9-13)17(10-6-3-7-11-17)14(12-18)15(19)20-16/h2,4-5,8-9,14H,3,6-7,10-11H2,1H3/t14-,16-/m0/s1. The van der Waals surface area contributed by atoms with E-state index in [1.165, 1.54) is 6.42 Å². The van der Waals surface area contributed by atoms with Gasteiger partial charge in [-0.05, 0) is 25.3 Å². The minimum atomic E-state index is -0.674. The molecule has 1 aromatic carbocycles. The van der Waals surface area contributed by atoms with Crippen molar-refractivity contribution in [3.8, 4) is 6.07 Å². The number of esters is 1. The Balaban J connectivity index is 2.14. The van der Waals surface area contributed by atoms with Crippen molar-refractivity contribution in [3.05, 3.63) is 35.9 Å². The van der Waals surface area contributed by atoms with Crippen molar-refractivity contribution in [2.75, 3.05) is 0 Å². The Labute approximate surface area is 119 Å². The minimum absolute atomic E-state index is 0.347. The fraction of sp³-hybridized carbons (Fsp3) is 0.529. The van der Waals surface area contributed by atoms with Gasteiger partial charge in [-0.15, -0.1) is 0 Å². The Kier molecular flexibility index (Phi) is 3.05. The lowest BCUT2D eigenvalue weighted by molar-refractivity contribution is -0.152. The third-order valence-corrected chi connectivity index (χ3v) is 5.24. The quantitative estimate of drug-likeness (QED) is 0.732. The van der Waals surface area contributed by atoms with Crippen molar-refractivity contribution in [1.82, 2.24) is 0 Å². The Morgan fingerprint density at radius 3 is 2.45 bits per heavy atom. The molecule has 3 heteroatoms. The van der Waals surface area contributed by atoms with E-state index < -0.39 is 11.5 Å². The Hall–Kier alpha value is -1.82. The maximum Gasteiger partial charge on any atom is 0.324 e. The highest BCUT2D eigenvalue weighted by molar-refractivity contribution is 5.80. The Morgan fingerprint density at radius 1 is 1.20 bits per heavy atom. The second-order valence-electron chi connectivity index (χ2n) is 6.10. The van der Waals surface area contributed by atoms with E-state index in [-0.39, 0.29) is 11.4 Å². The second-order valence-corrected chi connectivity index (χ2v) is 6.10. The first kappa shape index (κ1) is 13.2. The third-order valence-electron chi connectivity index (χ3n) is 5.24. The van der Waals surface area contributed by atoms with E-state index in [0.717, 1.165) is 31.2 Å². The molecule has 0 aromatic heterocycles. The third kappa shape index (κ3) is 1.61. The zero-order chi connectivity index (χ0) is 14.2. The number of carbonyl (C=O) groups excluding carboxylic acids is 1. The summed E-state index contributed by atoms with van der Waals surface area (Å²) in [5.41, 5.74) is -0.0297. The predicted octanol–water partition coefficient (Wildman–Crippen LogP) is 3.55. The van der Waals surface area contributed by atoms with Crippen LogP contribution in [0.3, 0.4) is 0 Å². The van der Waals surface area contributed by atoms with E-state index in [0.29, 0.717) is 0 Å². The van der Waals surface area contributed by atoms with E-state index in [1.54, 1.807) is 0 Å². The summed E-state index contributed by atoms with van der Waals surface area (Å²) < 4.78 is 5.77. The number of benzene rings is 1. The maximum absolute atomic E-state index is 12.2. The van der Waals surface area contributed by atoms with Crippen LogP contribution in [0, 0.1) is 22.7 Å². The lowest BCUT2D eigenvalue weighted by Gasteiger charge is -2.45. The van der Waals surface area contributed by atoms with Gasteiger partial charge in [-0.25, -0.2) is 0 Å². The van der Waals surface area contributed by atoms with Gasteiger partial charge in [0.25, 0.3) is 0 Å². The van der Waals surface area contributed by atoms with Gasteiger partial charge in [0.1, 0.15) is 5.60 Å². The van der Waals surface area contributed by atoms with Gasteiger partial charge in [-0.3, -0.25) is 4.79 Å². The van der Waals surface area contributed by atoms with Crippen LogP contribution in [-0.4, -0.2) is 5.97 Å². The van der Waals surface area contributed by atoms with Gasteiger partial charge in [0, 0.05) is 5.41 Å². The SMILES string of the molecule is C[C@@]1(c2ccccc2)OC(=O)[C@H](C#N)C12CCCCC2. The van der Waals surface area contributed by atoms with Crippen LogP contribution < -0.4 is 0 Å². The zero-order valence-corrected chi connectivity index (χ0v) is 11.8. The van der Waals surface area contributed by atoms with E-state index in [9.17, 15) is 10.1 Å². The topological polar surface area (TPSA) is 50.1 Å². The van der Waals surface area contributed by atoms with Crippen molar-refractivity contribution in [2.45, 2.75) is 44.6 Å². The molecule has 1 heterocycles. The summed E-state index contributed by atoms with van der Waals surface area (Å²) in [7, 11) is 0. The first-order chi connectivity index (χ1) is 9.64. The molecule has 0 unspecified atom stereocenters. The van der Waals surface area contributed by atoms with Crippen molar-refractivity contribution in [3.63, 3.8) is 0 Å². The van der Waals surface area contributed by atoms with Crippen molar-refractivity contribution in [2.24, 2.45) is 11.3 Å². The summed E-state index contributed by atoms with van der Waals surface area (Å²) in [6.07, 6.45) is 5.10. The minimum Gasteiger partial charge on any atom is -0.453 e. The van der Waals surface area contributed by atoms with Crippen LogP contribution in [-0.2, 0) is 15.1 Å². The maximum atomic E-state index is 12.2. The lowest BCUT2D eigenvalue weighted by atomic mass is 9.57. The molecule has 104 valence electrons. The highest BCUT2D eigenvalue weighted by Crippen LogP contribution is 2.60. The van der Waals surface area contributed by atoms with E-state index in [2.05, 4.69) is 6.07 Å². The number of ether oxygens (including phenoxy) is 1. The number of hydrogen-bond acceptors (Lipinski definition) is 3. The molecule has 1 aliphatic carbocycles. The molecule has 1 saturated heterocycles. The molecule has 0 radical (unpaired) electrons. The molecule has 0 N–H and O–H groups in total. The average Bonchev–Trinajstić information content (AvgIpc) is 2.69. The van der Waals surface area contributed by atoms with Crippen molar-refractivity contribution in [1.29, 1.82) is 5.26 Å². The van der Waals surface area contributed by atoms with Crippen LogP contribution in [0.5, 0.6) is 0 Å². The number of nitrogens with zero attached hydrogens (tertiary/aromatic N) is 1. The van der Waals surface area contributed by atoms with Crippen LogP contribution in [0.15, 0.2) is 30.3 Å². The van der Waals surface area contributed by atoms with Crippen LogP contribution in [0.4, 0.5) is 0 Å². The van der Waals surface area contributed by atoms with Crippen molar-refractivity contribution < 1.29 is 9.53 Å².